The summed E-state index contributed by atoms with van der Waals surface area (Å²) < 4.78 is 0. The van der Waals surface area contributed by atoms with Gasteiger partial charge in [-0.3, -0.25) is 0 Å². The maximum atomic E-state index is 5.93. The molecule has 1 aromatic rings. The molecule has 0 radical (unpaired) electrons. The standard InChI is InChI=1S/C15H24N2/c1-17(2)11-8-13-4-6-14(7-5-13)15(12-16)9-3-10-15/h4-7H,3,8-12,16H2,1-2H3. The summed E-state index contributed by atoms with van der Waals surface area (Å²) in [6, 6.07) is 9.12. The zero-order chi connectivity index (χ0) is 12.3. The molecule has 17 heavy (non-hydrogen) atoms. The number of rotatable bonds is 5. The summed E-state index contributed by atoms with van der Waals surface area (Å²) in [6.45, 7) is 1.91. The van der Waals surface area contributed by atoms with Gasteiger partial charge in [0.15, 0.2) is 0 Å². The molecule has 2 heteroatoms. The fourth-order valence-corrected chi connectivity index (χ4v) is 2.59. The molecule has 0 aromatic heterocycles. The molecule has 0 aliphatic heterocycles. The topological polar surface area (TPSA) is 29.3 Å². The Morgan fingerprint density at radius 1 is 1.18 bits per heavy atom. The van der Waals surface area contributed by atoms with Crippen LogP contribution in [-0.4, -0.2) is 32.1 Å². The van der Waals surface area contributed by atoms with E-state index in [9.17, 15) is 0 Å². The van der Waals surface area contributed by atoms with Crippen LogP contribution in [0.3, 0.4) is 0 Å². The second-order valence-corrected chi connectivity index (χ2v) is 5.59. The maximum Gasteiger partial charge on any atom is 0.00755 e. The van der Waals surface area contributed by atoms with Gasteiger partial charge >= 0.3 is 0 Å². The number of likely N-dealkylation sites (N-methyl/N-ethyl adjacent to an activating group) is 1. The van der Waals surface area contributed by atoms with Crippen LogP contribution in [0.25, 0.3) is 0 Å². The molecular formula is C15H24N2. The van der Waals surface area contributed by atoms with Crippen molar-refractivity contribution in [1.29, 1.82) is 0 Å². The third-order valence-corrected chi connectivity index (χ3v) is 4.12. The van der Waals surface area contributed by atoms with E-state index in [-0.39, 0.29) is 0 Å². The normalized spacial score (nSPS) is 18.1. The van der Waals surface area contributed by atoms with Gasteiger partial charge in [0.25, 0.3) is 0 Å². The third-order valence-electron chi connectivity index (χ3n) is 4.12. The lowest BCUT2D eigenvalue weighted by Crippen LogP contribution is -2.41. The molecule has 0 bridgehead atoms. The lowest BCUT2D eigenvalue weighted by Gasteiger charge is -2.41. The van der Waals surface area contributed by atoms with Crippen molar-refractivity contribution in [1.82, 2.24) is 4.90 Å². The molecule has 94 valence electrons. The number of nitrogens with two attached hydrogens (primary N) is 1. The summed E-state index contributed by atoms with van der Waals surface area (Å²) in [7, 11) is 4.23. The minimum absolute atomic E-state index is 0.306. The first kappa shape index (κ1) is 12.6. The van der Waals surface area contributed by atoms with E-state index >= 15 is 0 Å². The molecule has 0 spiro atoms. The van der Waals surface area contributed by atoms with Gasteiger partial charge in [0.1, 0.15) is 0 Å². The van der Waals surface area contributed by atoms with Gasteiger partial charge in [-0.15, -0.1) is 0 Å². The van der Waals surface area contributed by atoms with Crippen molar-refractivity contribution in [3.8, 4) is 0 Å². The number of hydrogen-bond donors (Lipinski definition) is 1. The van der Waals surface area contributed by atoms with Gasteiger partial charge in [-0.05, 0) is 44.5 Å². The fourth-order valence-electron chi connectivity index (χ4n) is 2.59. The molecule has 0 unspecified atom stereocenters. The lowest BCUT2D eigenvalue weighted by atomic mass is 9.64. The van der Waals surface area contributed by atoms with Crippen molar-refractivity contribution in [2.24, 2.45) is 5.73 Å². The van der Waals surface area contributed by atoms with Crippen LogP contribution in [0.1, 0.15) is 30.4 Å². The molecule has 1 aliphatic rings. The van der Waals surface area contributed by atoms with Crippen LogP contribution >= 0.6 is 0 Å². The highest BCUT2D eigenvalue weighted by molar-refractivity contribution is 5.31. The number of nitrogens with zero attached hydrogens (tertiary/aromatic N) is 1. The summed E-state index contributed by atoms with van der Waals surface area (Å²) >= 11 is 0. The van der Waals surface area contributed by atoms with Gasteiger partial charge in [0.2, 0.25) is 0 Å². The Morgan fingerprint density at radius 3 is 2.24 bits per heavy atom. The Bertz CT molecular complexity index is 344. The monoisotopic (exact) mass is 232 g/mol. The molecule has 0 atom stereocenters. The molecule has 0 heterocycles. The van der Waals surface area contributed by atoms with E-state index in [2.05, 4.69) is 43.3 Å². The zero-order valence-corrected chi connectivity index (χ0v) is 11.1. The molecule has 1 aliphatic carbocycles. The molecule has 2 nitrogen and oxygen atoms in total. The predicted octanol–water partition coefficient (Wildman–Crippen LogP) is 2.17. The fraction of sp³-hybridized carbons (Fsp3) is 0.600. The van der Waals surface area contributed by atoms with Crippen molar-refractivity contribution < 1.29 is 0 Å². The average molecular weight is 232 g/mol. The van der Waals surface area contributed by atoms with E-state index in [4.69, 9.17) is 5.73 Å². The molecular weight excluding hydrogens is 208 g/mol. The van der Waals surface area contributed by atoms with E-state index in [1.54, 1.807) is 0 Å². The molecule has 1 saturated carbocycles. The van der Waals surface area contributed by atoms with Crippen LogP contribution in [0.5, 0.6) is 0 Å². The quantitative estimate of drug-likeness (QED) is 0.843. The lowest BCUT2D eigenvalue weighted by molar-refractivity contribution is 0.253. The Kier molecular flexibility index (Phi) is 3.85. The summed E-state index contributed by atoms with van der Waals surface area (Å²) in [4.78, 5) is 2.22. The second kappa shape index (κ2) is 5.19. The Morgan fingerprint density at radius 2 is 1.82 bits per heavy atom. The van der Waals surface area contributed by atoms with E-state index in [1.807, 2.05) is 0 Å². The van der Waals surface area contributed by atoms with Crippen molar-refractivity contribution in [2.75, 3.05) is 27.2 Å². The van der Waals surface area contributed by atoms with Crippen LogP contribution in [-0.2, 0) is 11.8 Å². The second-order valence-electron chi connectivity index (χ2n) is 5.59. The smallest absolute Gasteiger partial charge is 0.00755 e. The predicted molar refractivity (Wildman–Crippen MR) is 73.3 cm³/mol. The van der Waals surface area contributed by atoms with Crippen LogP contribution < -0.4 is 5.73 Å². The SMILES string of the molecule is CN(C)CCc1ccc(C2(CN)CCC2)cc1. The van der Waals surface area contributed by atoms with Crippen molar-refractivity contribution in [3.63, 3.8) is 0 Å². The molecule has 0 saturated heterocycles. The van der Waals surface area contributed by atoms with E-state index in [0.717, 1.165) is 19.5 Å². The summed E-state index contributed by atoms with van der Waals surface area (Å²) in [5, 5.41) is 0. The largest absolute Gasteiger partial charge is 0.330 e. The van der Waals surface area contributed by atoms with Crippen molar-refractivity contribution in [2.45, 2.75) is 31.1 Å². The van der Waals surface area contributed by atoms with Crippen molar-refractivity contribution >= 4 is 0 Å². The van der Waals surface area contributed by atoms with Crippen molar-refractivity contribution in [3.05, 3.63) is 35.4 Å². The van der Waals surface area contributed by atoms with E-state index in [0.29, 0.717) is 5.41 Å². The van der Waals surface area contributed by atoms with Crippen LogP contribution in [0.4, 0.5) is 0 Å². The Balaban J connectivity index is 2.02. The van der Waals surface area contributed by atoms with Gasteiger partial charge in [0.05, 0.1) is 0 Å². The van der Waals surface area contributed by atoms with Crippen LogP contribution in [0, 0.1) is 0 Å². The molecule has 1 aromatic carbocycles. The van der Waals surface area contributed by atoms with Gasteiger partial charge in [-0.25, -0.2) is 0 Å². The Labute approximate surface area is 105 Å². The average Bonchev–Trinajstić information content (AvgIpc) is 2.27. The first-order chi connectivity index (χ1) is 8.16. The number of benzene rings is 1. The molecule has 2 rings (SSSR count). The Hall–Kier alpha value is -0.860. The first-order valence-corrected chi connectivity index (χ1v) is 6.60. The highest BCUT2D eigenvalue weighted by Crippen LogP contribution is 2.42. The summed E-state index contributed by atoms with van der Waals surface area (Å²) in [6.07, 6.45) is 4.99. The molecule has 1 fully saturated rings. The zero-order valence-electron chi connectivity index (χ0n) is 11.1. The molecule has 0 amide bonds. The number of hydrogen-bond acceptors (Lipinski definition) is 2. The first-order valence-electron chi connectivity index (χ1n) is 6.60. The highest BCUT2D eigenvalue weighted by atomic mass is 15.0. The van der Waals surface area contributed by atoms with Gasteiger partial charge in [-0.2, -0.15) is 0 Å². The van der Waals surface area contributed by atoms with Gasteiger partial charge in [0, 0.05) is 18.5 Å². The highest BCUT2D eigenvalue weighted by Gasteiger charge is 2.36. The van der Waals surface area contributed by atoms with E-state index in [1.165, 1.54) is 30.4 Å². The minimum atomic E-state index is 0.306. The third kappa shape index (κ3) is 2.70. The van der Waals surface area contributed by atoms with Crippen LogP contribution in [0.2, 0.25) is 0 Å². The maximum absolute atomic E-state index is 5.93. The molecule has 2 N–H and O–H groups in total. The van der Waals surface area contributed by atoms with Crippen LogP contribution in [0.15, 0.2) is 24.3 Å². The minimum Gasteiger partial charge on any atom is -0.330 e. The summed E-state index contributed by atoms with van der Waals surface area (Å²) in [5.41, 5.74) is 9.11. The summed E-state index contributed by atoms with van der Waals surface area (Å²) in [5.74, 6) is 0. The van der Waals surface area contributed by atoms with Gasteiger partial charge < -0.3 is 10.6 Å². The van der Waals surface area contributed by atoms with Gasteiger partial charge in [-0.1, -0.05) is 30.7 Å². The van der Waals surface area contributed by atoms with E-state index < -0.39 is 0 Å².